The number of benzene rings is 2. The molecule has 0 radical (unpaired) electrons. The van der Waals surface area contributed by atoms with Gasteiger partial charge >= 0.3 is 0 Å². The van der Waals surface area contributed by atoms with Gasteiger partial charge in [0.1, 0.15) is 17.0 Å². The van der Waals surface area contributed by atoms with Gasteiger partial charge in [0.05, 0.1) is 5.39 Å². The molecule has 156 valence electrons. The SMILES string of the molecule is c1ccc(-c2cc3c(N4CCN(Cc5ccc6c(c5)OCO6)CC4)ncnc3s2)cc1. The zero-order valence-electron chi connectivity index (χ0n) is 17.0. The molecule has 2 aliphatic rings. The van der Waals surface area contributed by atoms with Gasteiger partial charge in [0.25, 0.3) is 0 Å². The molecular formula is C24H22N4O2S. The van der Waals surface area contributed by atoms with E-state index in [1.54, 1.807) is 17.7 Å². The molecule has 4 aromatic rings. The Morgan fingerprint density at radius 1 is 0.871 bits per heavy atom. The number of hydrogen-bond acceptors (Lipinski definition) is 7. The largest absolute Gasteiger partial charge is 0.454 e. The molecule has 0 atom stereocenters. The Hall–Kier alpha value is -3.16. The van der Waals surface area contributed by atoms with Crippen molar-refractivity contribution < 1.29 is 9.47 Å². The maximum Gasteiger partial charge on any atom is 0.231 e. The van der Waals surface area contributed by atoms with Crippen LogP contribution in [0.3, 0.4) is 0 Å². The van der Waals surface area contributed by atoms with Crippen molar-refractivity contribution in [2.24, 2.45) is 0 Å². The van der Waals surface area contributed by atoms with Gasteiger partial charge in [-0.15, -0.1) is 11.3 Å². The molecule has 7 heteroatoms. The number of rotatable bonds is 4. The van der Waals surface area contributed by atoms with E-state index >= 15 is 0 Å². The van der Waals surface area contributed by atoms with Crippen LogP contribution in [0.15, 0.2) is 60.9 Å². The zero-order valence-corrected chi connectivity index (χ0v) is 17.8. The summed E-state index contributed by atoms with van der Waals surface area (Å²) in [6.45, 7) is 5.13. The highest BCUT2D eigenvalue weighted by atomic mass is 32.1. The van der Waals surface area contributed by atoms with Gasteiger partial charge in [0.2, 0.25) is 6.79 Å². The molecule has 1 fully saturated rings. The van der Waals surface area contributed by atoms with Gasteiger partial charge in [-0.3, -0.25) is 4.90 Å². The van der Waals surface area contributed by atoms with Crippen LogP contribution in [0.1, 0.15) is 5.56 Å². The summed E-state index contributed by atoms with van der Waals surface area (Å²) in [5, 5.41) is 1.15. The third kappa shape index (κ3) is 3.60. The quantitative estimate of drug-likeness (QED) is 0.478. The average Bonchev–Trinajstić information content (AvgIpc) is 3.47. The highest BCUT2D eigenvalue weighted by Crippen LogP contribution is 2.36. The summed E-state index contributed by atoms with van der Waals surface area (Å²) < 4.78 is 10.9. The molecule has 0 N–H and O–H groups in total. The van der Waals surface area contributed by atoms with Crippen LogP contribution < -0.4 is 14.4 Å². The lowest BCUT2D eigenvalue weighted by molar-refractivity contribution is 0.174. The van der Waals surface area contributed by atoms with Crippen molar-refractivity contribution in [2.75, 3.05) is 37.9 Å². The third-order valence-electron chi connectivity index (χ3n) is 5.88. The Morgan fingerprint density at radius 3 is 2.58 bits per heavy atom. The fourth-order valence-electron chi connectivity index (χ4n) is 4.26. The molecule has 0 spiro atoms. The lowest BCUT2D eigenvalue weighted by Gasteiger charge is -2.35. The summed E-state index contributed by atoms with van der Waals surface area (Å²) >= 11 is 1.73. The normalized spacial score (nSPS) is 16.2. The van der Waals surface area contributed by atoms with Gasteiger partial charge in [-0.05, 0) is 29.3 Å². The van der Waals surface area contributed by atoms with E-state index < -0.39 is 0 Å². The second-order valence-corrected chi connectivity index (χ2v) is 8.87. The topological polar surface area (TPSA) is 50.7 Å². The predicted octanol–water partition coefficient (Wildman–Crippen LogP) is 4.41. The standard InChI is InChI=1S/C24H22N4O2S/c1-2-4-18(5-3-1)22-13-19-23(25-15-26-24(19)31-22)28-10-8-27(9-11-28)14-17-6-7-20-21(12-17)30-16-29-20/h1-7,12-13,15H,8-11,14,16H2. The van der Waals surface area contributed by atoms with Crippen molar-refractivity contribution in [2.45, 2.75) is 6.54 Å². The molecule has 0 bridgehead atoms. The average molecular weight is 431 g/mol. The molecule has 0 amide bonds. The Morgan fingerprint density at radius 2 is 1.71 bits per heavy atom. The number of anilines is 1. The zero-order chi connectivity index (χ0) is 20.6. The lowest BCUT2D eigenvalue weighted by Crippen LogP contribution is -2.46. The van der Waals surface area contributed by atoms with E-state index in [4.69, 9.17) is 9.47 Å². The molecule has 0 saturated carbocycles. The van der Waals surface area contributed by atoms with Gasteiger partial charge in [-0.25, -0.2) is 9.97 Å². The maximum absolute atomic E-state index is 5.52. The molecule has 6 rings (SSSR count). The fraction of sp³-hybridized carbons (Fsp3) is 0.250. The Balaban J connectivity index is 1.18. The summed E-state index contributed by atoms with van der Waals surface area (Å²) in [5.41, 5.74) is 2.48. The second kappa shape index (κ2) is 7.83. The minimum atomic E-state index is 0.319. The number of piperazine rings is 1. The van der Waals surface area contributed by atoms with Gasteiger partial charge in [0.15, 0.2) is 11.5 Å². The minimum Gasteiger partial charge on any atom is -0.454 e. The van der Waals surface area contributed by atoms with Crippen LogP contribution >= 0.6 is 11.3 Å². The fourth-order valence-corrected chi connectivity index (χ4v) is 5.25. The van der Waals surface area contributed by atoms with E-state index in [2.05, 4.69) is 62.2 Å². The monoisotopic (exact) mass is 430 g/mol. The minimum absolute atomic E-state index is 0.319. The summed E-state index contributed by atoms with van der Waals surface area (Å²) in [6, 6.07) is 19.0. The van der Waals surface area contributed by atoms with Gasteiger partial charge in [-0.2, -0.15) is 0 Å². The first-order chi connectivity index (χ1) is 15.3. The lowest BCUT2D eigenvalue weighted by atomic mass is 10.1. The van der Waals surface area contributed by atoms with Gasteiger partial charge in [0, 0.05) is 37.6 Å². The van der Waals surface area contributed by atoms with Crippen LogP contribution in [0.25, 0.3) is 20.7 Å². The number of ether oxygens (including phenoxy) is 2. The Bertz CT molecular complexity index is 1220. The van der Waals surface area contributed by atoms with Crippen molar-refractivity contribution in [3.05, 3.63) is 66.5 Å². The van der Waals surface area contributed by atoms with Crippen LogP contribution in [-0.2, 0) is 6.54 Å². The summed E-state index contributed by atoms with van der Waals surface area (Å²) in [7, 11) is 0. The molecule has 0 aliphatic carbocycles. The first kappa shape index (κ1) is 18.6. The number of nitrogens with zero attached hydrogens (tertiary/aromatic N) is 4. The second-order valence-electron chi connectivity index (χ2n) is 7.84. The summed E-state index contributed by atoms with van der Waals surface area (Å²) in [5.74, 6) is 2.74. The first-order valence-corrected chi connectivity index (χ1v) is 11.3. The predicted molar refractivity (Wildman–Crippen MR) is 123 cm³/mol. The molecule has 31 heavy (non-hydrogen) atoms. The van der Waals surface area contributed by atoms with E-state index in [9.17, 15) is 0 Å². The van der Waals surface area contributed by atoms with Crippen molar-refractivity contribution in [3.8, 4) is 21.9 Å². The Kier molecular flexibility index (Phi) is 4.70. The smallest absolute Gasteiger partial charge is 0.231 e. The van der Waals surface area contributed by atoms with E-state index in [1.807, 2.05) is 12.1 Å². The number of fused-ring (bicyclic) bond motifs is 2. The highest BCUT2D eigenvalue weighted by molar-refractivity contribution is 7.21. The van der Waals surface area contributed by atoms with Crippen LogP contribution in [0.4, 0.5) is 5.82 Å². The highest BCUT2D eigenvalue weighted by Gasteiger charge is 2.22. The van der Waals surface area contributed by atoms with Crippen molar-refractivity contribution in [1.29, 1.82) is 0 Å². The van der Waals surface area contributed by atoms with Crippen LogP contribution in [0.2, 0.25) is 0 Å². The molecule has 4 heterocycles. The van der Waals surface area contributed by atoms with E-state index in [-0.39, 0.29) is 0 Å². The van der Waals surface area contributed by atoms with E-state index in [1.165, 1.54) is 16.0 Å². The van der Waals surface area contributed by atoms with Gasteiger partial charge in [-0.1, -0.05) is 36.4 Å². The molecule has 2 aromatic carbocycles. The van der Waals surface area contributed by atoms with Crippen molar-refractivity contribution in [3.63, 3.8) is 0 Å². The maximum atomic E-state index is 5.52. The van der Waals surface area contributed by atoms with E-state index in [0.29, 0.717) is 6.79 Å². The van der Waals surface area contributed by atoms with Crippen LogP contribution in [-0.4, -0.2) is 47.8 Å². The molecule has 2 aromatic heterocycles. The van der Waals surface area contributed by atoms with Crippen LogP contribution in [0, 0.1) is 0 Å². The van der Waals surface area contributed by atoms with Crippen LogP contribution in [0.5, 0.6) is 11.5 Å². The van der Waals surface area contributed by atoms with Crippen molar-refractivity contribution in [1.82, 2.24) is 14.9 Å². The summed E-state index contributed by atoms with van der Waals surface area (Å²) in [4.78, 5) is 16.3. The Labute approximate surface area is 184 Å². The molecule has 1 saturated heterocycles. The molecule has 6 nitrogen and oxygen atoms in total. The third-order valence-corrected chi connectivity index (χ3v) is 6.97. The number of hydrogen-bond donors (Lipinski definition) is 0. The first-order valence-electron chi connectivity index (χ1n) is 10.5. The number of aromatic nitrogens is 2. The molecular weight excluding hydrogens is 408 g/mol. The van der Waals surface area contributed by atoms with Crippen molar-refractivity contribution >= 4 is 27.4 Å². The van der Waals surface area contributed by atoms with E-state index in [0.717, 1.165) is 60.3 Å². The number of thiophene rings is 1. The van der Waals surface area contributed by atoms with Gasteiger partial charge < -0.3 is 14.4 Å². The summed E-state index contributed by atoms with van der Waals surface area (Å²) in [6.07, 6.45) is 1.70. The molecule has 2 aliphatic heterocycles. The molecule has 0 unspecified atom stereocenters.